The predicted octanol–water partition coefficient (Wildman–Crippen LogP) is 13.5. The van der Waals surface area contributed by atoms with Crippen LogP contribution in [0, 0.1) is 27.7 Å². The van der Waals surface area contributed by atoms with Gasteiger partial charge in [-0.05, 0) is 128 Å². The fourth-order valence-corrected chi connectivity index (χ4v) is 7.06. The highest BCUT2D eigenvalue weighted by Gasteiger charge is 2.19. The number of nitrogens with zero attached hydrogens (tertiary/aromatic N) is 1. The standard InChI is InChI=1S/C47H45N/c1-33-14-22-40(23-15-33)46(41-24-18-38(19-25-41)31-37-10-6-5-7-11-37)32-39-20-28-44(29-21-39)48(43-26-16-34(2)17-27-43)47-36(4)35(3)30-42-12-8-9-13-45(42)47/h8-9,12-32H,5-7,10-11H2,1-4H3. The number of hydrogen-bond donors (Lipinski definition) is 0. The van der Waals surface area contributed by atoms with Crippen LogP contribution in [-0.4, -0.2) is 0 Å². The molecule has 0 bridgehead atoms. The maximum atomic E-state index is 2.43. The molecule has 7 rings (SSSR count). The lowest BCUT2D eigenvalue weighted by molar-refractivity contribution is 0.602. The van der Waals surface area contributed by atoms with Gasteiger partial charge in [0.1, 0.15) is 0 Å². The third-order valence-corrected chi connectivity index (χ3v) is 9.96. The molecule has 0 amide bonds. The second-order valence-corrected chi connectivity index (χ2v) is 13.6. The summed E-state index contributed by atoms with van der Waals surface area (Å²) >= 11 is 0. The van der Waals surface area contributed by atoms with Crippen LogP contribution in [0.25, 0.3) is 28.5 Å². The Morgan fingerprint density at radius 1 is 0.562 bits per heavy atom. The Kier molecular flexibility index (Phi) is 9.12. The van der Waals surface area contributed by atoms with Crippen LogP contribution in [0.4, 0.5) is 17.1 Å². The van der Waals surface area contributed by atoms with Gasteiger partial charge < -0.3 is 4.90 Å². The predicted molar refractivity (Wildman–Crippen MR) is 208 cm³/mol. The van der Waals surface area contributed by atoms with Crippen molar-refractivity contribution in [3.05, 3.63) is 177 Å². The molecule has 6 aromatic carbocycles. The Bertz CT molecular complexity index is 2080. The molecule has 0 heterocycles. The molecule has 1 nitrogen and oxygen atoms in total. The van der Waals surface area contributed by atoms with E-state index in [1.807, 2.05) is 0 Å². The molecule has 1 saturated carbocycles. The second kappa shape index (κ2) is 13.9. The van der Waals surface area contributed by atoms with Crippen LogP contribution in [0.3, 0.4) is 0 Å². The van der Waals surface area contributed by atoms with E-state index in [0.717, 1.165) is 11.4 Å². The summed E-state index contributed by atoms with van der Waals surface area (Å²) in [5.41, 5.74) is 16.4. The van der Waals surface area contributed by atoms with Crippen molar-refractivity contribution in [2.75, 3.05) is 4.90 Å². The molecule has 1 aliphatic carbocycles. The molecule has 0 saturated heterocycles. The molecule has 48 heavy (non-hydrogen) atoms. The normalized spacial score (nSPS) is 13.5. The van der Waals surface area contributed by atoms with E-state index in [-0.39, 0.29) is 0 Å². The molecule has 1 heteroatoms. The van der Waals surface area contributed by atoms with Crippen molar-refractivity contribution >= 4 is 45.6 Å². The van der Waals surface area contributed by atoms with E-state index >= 15 is 0 Å². The lowest BCUT2D eigenvalue weighted by Gasteiger charge is -2.29. The molecule has 0 spiro atoms. The lowest BCUT2D eigenvalue weighted by Crippen LogP contribution is -2.12. The van der Waals surface area contributed by atoms with Crippen LogP contribution in [0.15, 0.2) is 133 Å². The molecular formula is C47H45N. The quantitative estimate of drug-likeness (QED) is 0.160. The summed E-state index contributed by atoms with van der Waals surface area (Å²) in [6, 6.07) is 47.1. The summed E-state index contributed by atoms with van der Waals surface area (Å²) in [4.78, 5) is 2.43. The third kappa shape index (κ3) is 6.78. The zero-order valence-electron chi connectivity index (χ0n) is 28.8. The van der Waals surface area contributed by atoms with Gasteiger partial charge in [-0.15, -0.1) is 0 Å². The highest BCUT2D eigenvalue weighted by atomic mass is 15.1. The Morgan fingerprint density at radius 3 is 1.75 bits per heavy atom. The Morgan fingerprint density at radius 2 is 1.10 bits per heavy atom. The minimum absolute atomic E-state index is 1.15. The van der Waals surface area contributed by atoms with Gasteiger partial charge in [0, 0.05) is 16.8 Å². The second-order valence-electron chi connectivity index (χ2n) is 13.6. The fraction of sp³-hybridized carbons (Fsp3) is 0.191. The van der Waals surface area contributed by atoms with Crippen LogP contribution in [0.1, 0.15) is 76.6 Å². The van der Waals surface area contributed by atoms with Crippen molar-refractivity contribution in [1.82, 2.24) is 0 Å². The van der Waals surface area contributed by atoms with E-state index in [2.05, 4.69) is 172 Å². The van der Waals surface area contributed by atoms with Crippen molar-refractivity contribution in [2.24, 2.45) is 0 Å². The summed E-state index contributed by atoms with van der Waals surface area (Å²) in [6.07, 6.45) is 11.3. The Hall–Kier alpha value is -5.14. The topological polar surface area (TPSA) is 3.24 Å². The first-order chi connectivity index (χ1) is 23.4. The van der Waals surface area contributed by atoms with Crippen molar-refractivity contribution < 1.29 is 0 Å². The summed E-state index contributed by atoms with van der Waals surface area (Å²) in [6.45, 7) is 8.77. The van der Waals surface area contributed by atoms with E-state index in [0.29, 0.717) is 0 Å². The van der Waals surface area contributed by atoms with E-state index in [4.69, 9.17) is 0 Å². The van der Waals surface area contributed by atoms with Gasteiger partial charge in [-0.1, -0.05) is 132 Å². The first-order valence-electron chi connectivity index (χ1n) is 17.5. The highest BCUT2D eigenvalue weighted by molar-refractivity contribution is 6.01. The summed E-state index contributed by atoms with van der Waals surface area (Å²) in [5, 5.41) is 2.52. The number of fused-ring (bicyclic) bond motifs is 1. The van der Waals surface area contributed by atoms with Gasteiger partial charge in [0.05, 0.1) is 5.69 Å². The van der Waals surface area contributed by atoms with Gasteiger partial charge in [0.25, 0.3) is 0 Å². The third-order valence-electron chi connectivity index (χ3n) is 9.96. The molecule has 1 fully saturated rings. The molecule has 238 valence electrons. The zero-order chi connectivity index (χ0) is 33.0. The van der Waals surface area contributed by atoms with Gasteiger partial charge >= 0.3 is 0 Å². The first-order valence-corrected chi connectivity index (χ1v) is 17.5. The van der Waals surface area contributed by atoms with Crippen molar-refractivity contribution in [2.45, 2.75) is 59.8 Å². The molecule has 6 aromatic rings. The van der Waals surface area contributed by atoms with Gasteiger partial charge in [-0.25, -0.2) is 0 Å². The lowest BCUT2D eigenvalue weighted by atomic mass is 9.92. The number of rotatable bonds is 7. The number of benzene rings is 6. The number of hydrogen-bond acceptors (Lipinski definition) is 1. The van der Waals surface area contributed by atoms with Gasteiger partial charge in [-0.2, -0.15) is 0 Å². The minimum Gasteiger partial charge on any atom is -0.310 e. The zero-order valence-corrected chi connectivity index (χ0v) is 28.8. The van der Waals surface area contributed by atoms with Crippen molar-refractivity contribution in [3.63, 3.8) is 0 Å². The molecular weight excluding hydrogens is 579 g/mol. The van der Waals surface area contributed by atoms with E-state index in [1.54, 1.807) is 5.57 Å². The maximum Gasteiger partial charge on any atom is 0.0571 e. The van der Waals surface area contributed by atoms with Crippen LogP contribution < -0.4 is 4.90 Å². The molecule has 0 radical (unpaired) electrons. The van der Waals surface area contributed by atoms with E-state index in [9.17, 15) is 0 Å². The highest BCUT2D eigenvalue weighted by Crippen LogP contribution is 2.42. The van der Waals surface area contributed by atoms with Crippen molar-refractivity contribution in [1.29, 1.82) is 0 Å². The van der Waals surface area contributed by atoms with Gasteiger partial charge in [-0.3, -0.25) is 0 Å². The molecule has 0 aliphatic heterocycles. The number of allylic oxidation sites excluding steroid dienone is 1. The van der Waals surface area contributed by atoms with Crippen LogP contribution in [-0.2, 0) is 0 Å². The average molecular weight is 624 g/mol. The fourth-order valence-electron chi connectivity index (χ4n) is 7.06. The molecule has 0 unspecified atom stereocenters. The molecule has 1 aliphatic rings. The van der Waals surface area contributed by atoms with Gasteiger partial charge in [0.15, 0.2) is 0 Å². The molecule has 0 atom stereocenters. The molecule has 0 aromatic heterocycles. The van der Waals surface area contributed by atoms with E-state index in [1.165, 1.54) is 98.6 Å². The largest absolute Gasteiger partial charge is 0.310 e. The average Bonchev–Trinajstić information content (AvgIpc) is 3.11. The SMILES string of the molecule is Cc1ccc(C(=Cc2ccc(N(c3ccc(C)cc3)c3c(C)c(C)cc4ccccc34)cc2)c2ccc(C=C3CCCCC3)cc2)cc1. The van der Waals surface area contributed by atoms with Gasteiger partial charge in [0.2, 0.25) is 0 Å². The van der Waals surface area contributed by atoms with E-state index < -0.39 is 0 Å². The summed E-state index contributed by atoms with van der Waals surface area (Å²) < 4.78 is 0. The maximum absolute atomic E-state index is 2.43. The van der Waals surface area contributed by atoms with Crippen LogP contribution in [0.5, 0.6) is 0 Å². The van der Waals surface area contributed by atoms with Crippen LogP contribution >= 0.6 is 0 Å². The van der Waals surface area contributed by atoms with Crippen LogP contribution in [0.2, 0.25) is 0 Å². The number of anilines is 3. The monoisotopic (exact) mass is 623 g/mol. The summed E-state index contributed by atoms with van der Waals surface area (Å²) in [5.74, 6) is 0. The Labute approximate surface area is 286 Å². The Balaban J connectivity index is 1.29. The smallest absolute Gasteiger partial charge is 0.0571 e. The minimum atomic E-state index is 1.15. The number of aryl methyl sites for hydroxylation is 3. The first kappa shape index (κ1) is 31.5. The molecule has 0 N–H and O–H groups in total. The summed E-state index contributed by atoms with van der Waals surface area (Å²) in [7, 11) is 0. The van der Waals surface area contributed by atoms with Crippen molar-refractivity contribution in [3.8, 4) is 0 Å².